The van der Waals surface area contributed by atoms with Crippen LogP contribution in [-0.2, 0) is 0 Å². The van der Waals surface area contributed by atoms with Crippen molar-refractivity contribution in [3.63, 3.8) is 0 Å². The van der Waals surface area contributed by atoms with Crippen LogP contribution in [0.5, 0.6) is 0 Å². The molecule has 2 nitrogen and oxygen atoms in total. The summed E-state index contributed by atoms with van der Waals surface area (Å²) in [6.07, 6.45) is 3.31. The first kappa shape index (κ1) is 13.7. The smallest absolute Gasteiger partial charge is 0.251 e. The van der Waals surface area contributed by atoms with Gasteiger partial charge in [0.2, 0.25) is 0 Å². The predicted octanol–water partition coefficient (Wildman–Crippen LogP) is 3.79. The molecule has 1 N–H and O–H groups in total. The average molecular weight is 286 g/mol. The van der Waals surface area contributed by atoms with E-state index in [9.17, 15) is 4.79 Å². The highest BCUT2D eigenvalue weighted by Crippen LogP contribution is 2.29. The second-order valence-corrected chi connectivity index (χ2v) is 5.85. The van der Waals surface area contributed by atoms with Crippen molar-refractivity contribution in [1.29, 1.82) is 0 Å². The molecule has 0 heterocycles. The van der Waals surface area contributed by atoms with E-state index in [-0.39, 0.29) is 11.3 Å². The summed E-state index contributed by atoms with van der Waals surface area (Å²) in [5.74, 6) is 0.323. The van der Waals surface area contributed by atoms with E-state index in [0.29, 0.717) is 23.0 Å². The monoisotopic (exact) mass is 285 g/mol. The van der Waals surface area contributed by atoms with Crippen LogP contribution in [-0.4, -0.2) is 17.8 Å². The number of benzene rings is 1. The molecule has 2 unspecified atom stereocenters. The highest BCUT2D eigenvalue weighted by molar-refractivity contribution is 6.31. The molecule has 1 saturated carbocycles. The number of aryl methyl sites for hydroxylation is 1. The lowest BCUT2D eigenvalue weighted by atomic mass is 10.1. The zero-order valence-electron chi connectivity index (χ0n) is 10.4. The third-order valence-corrected chi connectivity index (χ3v) is 4.51. The van der Waals surface area contributed by atoms with Gasteiger partial charge in [-0.15, -0.1) is 11.6 Å². The van der Waals surface area contributed by atoms with Crippen LogP contribution in [0.2, 0.25) is 5.02 Å². The number of carbonyl (C=O) groups excluding carboxylic acids is 1. The lowest BCUT2D eigenvalue weighted by Crippen LogP contribution is -2.31. The lowest BCUT2D eigenvalue weighted by molar-refractivity contribution is 0.0947. The summed E-state index contributed by atoms with van der Waals surface area (Å²) in [4.78, 5) is 12.0. The molecule has 18 heavy (non-hydrogen) atoms. The Kier molecular flexibility index (Phi) is 4.52. The number of amides is 1. The highest BCUT2D eigenvalue weighted by Gasteiger charge is 2.25. The van der Waals surface area contributed by atoms with Gasteiger partial charge in [0, 0.05) is 22.5 Å². The van der Waals surface area contributed by atoms with Crippen LogP contribution >= 0.6 is 23.2 Å². The maximum Gasteiger partial charge on any atom is 0.251 e. The first-order valence-electron chi connectivity index (χ1n) is 6.26. The zero-order chi connectivity index (χ0) is 13.1. The maximum absolute atomic E-state index is 12.0. The van der Waals surface area contributed by atoms with Gasteiger partial charge in [-0.1, -0.05) is 24.1 Å². The molecular formula is C14H17Cl2NO. The Morgan fingerprint density at radius 3 is 2.83 bits per heavy atom. The minimum absolute atomic E-state index is 0.0762. The zero-order valence-corrected chi connectivity index (χ0v) is 11.9. The fraction of sp³-hybridized carbons (Fsp3) is 0.500. The molecule has 2 atom stereocenters. The molecule has 1 aliphatic rings. The van der Waals surface area contributed by atoms with Gasteiger partial charge in [0.25, 0.3) is 5.91 Å². The molecule has 1 aromatic rings. The summed E-state index contributed by atoms with van der Waals surface area (Å²) in [7, 11) is 0. The fourth-order valence-electron chi connectivity index (χ4n) is 2.28. The van der Waals surface area contributed by atoms with E-state index in [0.717, 1.165) is 24.8 Å². The second kappa shape index (κ2) is 5.94. The van der Waals surface area contributed by atoms with Gasteiger partial charge in [-0.25, -0.2) is 0 Å². The Bertz CT molecular complexity index is 447. The minimum atomic E-state index is -0.0762. The Labute approximate surface area is 118 Å². The third kappa shape index (κ3) is 3.18. The standard InChI is InChI=1S/C14H17Cl2NO/c1-9-5-6-10(7-13(9)16)14(18)17-8-11-3-2-4-12(11)15/h5-7,11-12H,2-4,8H2,1H3,(H,17,18). The van der Waals surface area contributed by atoms with Crippen molar-refractivity contribution in [1.82, 2.24) is 5.32 Å². The van der Waals surface area contributed by atoms with Crippen LogP contribution in [0.25, 0.3) is 0 Å². The van der Waals surface area contributed by atoms with Gasteiger partial charge in [-0.05, 0) is 43.4 Å². The van der Waals surface area contributed by atoms with Gasteiger partial charge < -0.3 is 5.32 Å². The van der Waals surface area contributed by atoms with Crippen molar-refractivity contribution in [3.05, 3.63) is 34.3 Å². The fourth-order valence-corrected chi connectivity index (χ4v) is 2.83. The number of hydrogen-bond acceptors (Lipinski definition) is 1. The van der Waals surface area contributed by atoms with Crippen molar-refractivity contribution in [2.75, 3.05) is 6.54 Å². The molecule has 98 valence electrons. The van der Waals surface area contributed by atoms with Crippen molar-refractivity contribution in [2.45, 2.75) is 31.6 Å². The Morgan fingerprint density at radius 2 is 2.22 bits per heavy atom. The first-order chi connectivity index (χ1) is 8.58. The first-order valence-corrected chi connectivity index (χ1v) is 7.08. The minimum Gasteiger partial charge on any atom is -0.352 e. The summed E-state index contributed by atoms with van der Waals surface area (Å²) < 4.78 is 0. The topological polar surface area (TPSA) is 29.1 Å². The number of halogens is 2. The van der Waals surface area contributed by atoms with E-state index < -0.39 is 0 Å². The van der Waals surface area contributed by atoms with E-state index in [4.69, 9.17) is 23.2 Å². The molecular weight excluding hydrogens is 269 g/mol. The molecule has 1 amide bonds. The Morgan fingerprint density at radius 1 is 1.44 bits per heavy atom. The summed E-state index contributed by atoms with van der Waals surface area (Å²) in [6.45, 7) is 2.57. The van der Waals surface area contributed by atoms with Crippen LogP contribution in [0, 0.1) is 12.8 Å². The normalized spacial score (nSPS) is 23.1. The predicted molar refractivity (Wildman–Crippen MR) is 75.5 cm³/mol. The number of hydrogen-bond donors (Lipinski definition) is 1. The van der Waals surface area contributed by atoms with Crippen LogP contribution in [0.3, 0.4) is 0 Å². The molecule has 0 radical (unpaired) electrons. The van der Waals surface area contributed by atoms with E-state index in [1.807, 2.05) is 13.0 Å². The Hall–Kier alpha value is -0.730. The molecule has 0 saturated heterocycles. The quantitative estimate of drug-likeness (QED) is 0.842. The van der Waals surface area contributed by atoms with Gasteiger partial charge in [0.05, 0.1) is 0 Å². The summed E-state index contributed by atoms with van der Waals surface area (Å²) in [6, 6.07) is 5.36. The number of alkyl halides is 1. The lowest BCUT2D eigenvalue weighted by Gasteiger charge is -2.14. The summed E-state index contributed by atoms with van der Waals surface area (Å²) in [5.41, 5.74) is 1.58. The van der Waals surface area contributed by atoms with Crippen molar-refractivity contribution in [3.8, 4) is 0 Å². The Balaban J connectivity index is 1.93. The van der Waals surface area contributed by atoms with Crippen molar-refractivity contribution < 1.29 is 4.79 Å². The number of carbonyl (C=O) groups is 1. The molecule has 0 aromatic heterocycles. The average Bonchev–Trinajstić information content (AvgIpc) is 2.75. The van der Waals surface area contributed by atoms with Crippen molar-refractivity contribution >= 4 is 29.1 Å². The SMILES string of the molecule is Cc1ccc(C(=O)NCC2CCCC2Cl)cc1Cl. The van der Waals surface area contributed by atoms with Crippen LogP contribution in [0.15, 0.2) is 18.2 Å². The van der Waals surface area contributed by atoms with Gasteiger partial charge in [-0.3, -0.25) is 4.79 Å². The van der Waals surface area contributed by atoms with E-state index >= 15 is 0 Å². The van der Waals surface area contributed by atoms with E-state index in [1.165, 1.54) is 0 Å². The summed E-state index contributed by atoms with van der Waals surface area (Å²) >= 11 is 12.2. The van der Waals surface area contributed by atoms with Gasteiger partial charge in [-0.2, -0.15) is 0 Å². The van der Waals surface area contributed by atoms with Gasteiger partial charge >= 0.3 is 0 Å². The van der Waals surface area contributed by atoms with E-state index in [2.05, 4.69) is 5.32 Å². The number of rotatable bonds is 3. The van der Waals surface area contributed by atoms with E-state index in [1.54, 1.807) is 12.1 Å². The molecule has 1 aromatic carbocycles. The molecule has 0 aliphatic heterocycles. The molecule has 0 spiro atoms. The molecule has 1 fully saturated rings. The van der Waals surface area contributed by atoms with Gasteiger partial charge in [0.1, 0.15) is 0 Å². The largest absolute Gasteiger partial charge is 0.352 e. The van der Waals surface area contributed by atoms with Crippen LogP contribution < -0.4 is 5.32 Å². The van der Waals surface area contributed by atoms with Crippen LogP contribution in [0.1, 0.15) is 35.2 Å². The molecule has 0 bridgehead atoms. The highest BCUT2D eigenvalue weighted by atomic mass is 35.5. The molecule has 1 aliphatic carbocycles. The summed E-state index contributed by atoms with van der Waals surface area (Å²) in [5, 5.41) is 3.76. The second-order valence-electron chi connectivity index (χ2n) is 4.88. The van der Waals surface area contributed by atoms with Gasteiger partial charge in [0.15, 0.2) is 0 Å². The van der Waals surface area contributed by atoms with Crippen molar-refractivity contribution in [2.24, 2.45) is 5.92 Å². The molecule has 4 heteroatoms. The number of nitrogens with one attached hydrogen (secondary N) is 1. The molecule has 2 rings (SSSR count). The maximum atomic E-state index is 12.0. The third-order valence-electron chi connectivity index (χ3n) is 3.53. The van der Waals surface area contributed by atoms with Crippen LogP contribution in [0.4, 0.5) is 0 Å².